The molecule has 0 radical (unpaired) electrons. The van der Waals surface area contributed by atoms with Crippen LogP contribution in [0.15, 0.2) is 16.5 Å². The van der Waals surface area contributed by atoms with Crippen LogP contribution >= 0.6 is 11.3 Å². The van der Waals surface area contributed by atoms with E-state index < -0.39 is 0 Å². The summed E-state index contributed by atoms with van der Waals surface area (Å²) in [7, 11) is 0. The minimum atomic E-state index is 0.401. The predicted molar refractivity (Wildman–Crippen MR) is 55.2 cm³/mol. The third-order valence-corrected chi connectivity index (χ3v) is 3.19. The minimum absolute atomic E-state index is 0.401. The Balaban J connectivity index is 2.57. The highest BCUT2D eigenvalue weighted by Gasteiger charge is 2.21. The van der Waals surface area contributed by atoms with E-state index in [0.29, 0.717) is 17.3 Å². The van der Waals surface area contributed by atoms with Gasteiger partial charge in [0.1, 0.15) is 4.88 Å². The molecule has 2 aromatic rings. The fraction of sp³-hybridized carbons (Fsp3) is 0.300. The van der Waals surface area contributed by atoms with E-state index in [4.69, 9.17) is 4.42 Å². The topological polar surface area (TPSA) is 40.1 Å². The Bertz CT molecular complexity index is 470. The molecule has 0 fully saturated rings. The average molecular weight is 209 g/mol. The van der Waals surface area contributed by atoms with Crippen molar-refractivity contribution in [2.45, 2.75) is 20.8 Å². The van der Waals surface area contributed by atoms with Gasteiger partial charge in [-0.3, -0.25) is 0 Å². The fourth-order valence-corrected chi connectivity index (χ4v) is 2.09. The number of hydrogen-bond donors (Lipinski definition) is 0. The molecule has 4 heteroatoms. The van der Waals surface area contributed by atoms with Gasteiger partial charge in [0.25, 0.3) is 0 Å². The lowest BCUT2D eigenvalue weighted by Gasteiger charge is -1.93. The van der Waals surface area contributed by atoms with E-state index in [2.05, 4.69) is 0 Å². The number of aryl methyl sites for hydroxylation is 2. The van der Waals surface area contributed by atoms with Crippen LogP contribution in [0.3, 0.4) is 0 Å². The summed E-state index contributed by atoms with van der Waals surface area (Å²) in [5, 5.41) is 11.6. The van der Waals surface area contributed by atoms with Gasteiger partial charge >= 0.3 is 5.89 Å². The molecule has 74 valence electrons. The smallest absolute Gasteiger partial charge is 0.402 e. The van der Waals surface area contributed by atoms with Crippen molar-refractivity contribution in [3.63, 3.8) is 0 Å². The van der Waals surface area contributed by atoms with Crippen molar-refractivity contribution in [3.8, 4) is 10.8 Å². The fourth-order valence-electron chi connectivity index (χ4n) is 1.26. The summed E-state index contributed by atoms with van der Waals surface area (Å²) in [6.07, 6.45) is 0. The molecule has 0 amide bonds. The number of hydrogen-bond acceptors (Lipinski definition) is 3. The summed E-state index contributed by atoms with van der Waals surface area (Å²) in [5.41, 5.74) is 0.631. The number of nitrogens with zero attached hydrogens (tertiary/aromatic N) is 1. The Morgan fingerprint density at radius 2 is 2.00 bits per heavy atom. The second-order valence-corrected chi connectivity index (χ2v) is 4.54. The number of oxazole rings is 1. The van der Waals surface area contributed by atoms with Gasteiger partial charge in [0.15, 0.2) is 5.76 Å². The molecular weight excluding hydrogens is 198 g/mol. The van der Waals surface area contributed by atoms with Crippen LogP contribution in [0.4, 0.5) is 0 Å². The molecule has 0 saturated heterocycles. The lowest BCUT2D eigenvalue weighted by molar-refractivity contribution is -0.602. The molecule has 0 spiro atoms. The van der Waals surface area contributed by atoms with Crippen LogP contribution in [0.2, 0.25) is 0 Å². The highest BCUT2D eigenvalue weighted by molar-refractivity contribution is 7.15. The van der Waals surface area contributed by atoms with Crippen LogP contribution in [0.25, 0.3) is 10.8 Å². The molecule has 0 aliphatic rings. The van der Waals surface area contributed by atoms with E-state index in [1.54, 1.807) is 25.2 Å². The zero-order valence-corrected chi connectivity index (χ0v) is 9.14. The first kappa shape index (κ1) is 9.27. The Morgan fingerprint density at radius 1 is 1.29 bits per heavy atom. The Kier molecular flexibility index (Phi) is 2.07. The van der Waals surface area contributed by atoms with Crippen LogP contribution < -0.4 is 4.73 Å². The lowest BCUT2D eigenvalue weighted by atomic mass is 10.4. The maximum Gasteiger partial charge on any atom is 0.402 e. The molecule has 0 atom stereocenters. The molecule has 0 aliphatic heterocycles. The largest absolute Gasteiger partial charge is 0.616 e. The number of aromatic nitrogens is 1. The minimum Gasteiger partial charge on any atom is -0.616 e. The lowest BCUT2D eigenvalue weighted by Crippen LogP contribution is -2.29. The molecule has 2 aromatic heterocycles. The van der Waals surface area contributed by atoms with Crippen molar-refractivity contribution < 1.29 is 9.15 Å². The van der Waals surface area contributed by atoms with Gasteiger partial charge in [0.05, 0.1) is 0 Å². The maximum absolute atomic E-state index is 11.6. The van der Waals surface area contributed by atoms with Crippen LogP contribution in [0, 0.1) is 26.0 Å². The van der Waals surface area contributed by atoms with E-state index in [0.717, 1.165) is 9.61 Å². The third kappa shape index (κ3) is 1.32. The van der Waals surface area contributed by atoms with Gasteiger partial charge < -0.3 is 9.62 Å². The van der Waals surface area contributed by atoms with Crippen molar-refractivity contribution in [1.29, 1.82) is 0 Å². The standard InChI is InChI=1S/C10H11NO2S/c1-6-4-5-9(14-6)10-11(12)7(2)8(3)13-10/h4-5H,1-3H3. The van der Waals surface area contributed by atoms with Crippen molar-refractivity contribution in [3.05, 3.63) is 33.7 Å². The molecule has 0 aliphatic carbocycles. The van der Waals surface area contributed by atoms with Gasteiger partial charge in [-0.15, -0.1) is 16.1 Å². The highest BCUT2D eigenvalue weighted by atomic mass is 32.1. The zero-order valence-electron chi connectivity index (χ0n) is 8.33. The normalized spacial score (nSPS) is 10.8. The van der Waals surface area contributed by atoms with Crippen LogP contribution in [0.1, 0.15) is 16.3 Å². The number of rotatable bonds is 1. The van der Waals surface area contributed by atoms with Gasteiger partial charge in [-0.1, -0.05) is 0 Å². The molecule has 0 unspecified atom stereocenters. The van der Waals surface area contributed by atoms with Crippen molar-refractivity contribution in [1.82, 2.24) is 0 Å². The summed E-state index contributed by atoms with van der Waals surface area (Å²) in [6.45, 7) is 5.56. The highest BCUT2D eigenvalue weighted by Crippen LogP contribution is 2.26. The average Bonchev–Trinajstić information content (AvgIpc) is 2.66. The molecule has 2 heterocycles. The molecule has 0 aromatic carbocycles. The van der Waals surface area contributed by atoms with E-state index >= 15 is 0 Å². The summed E-state index contributed by atoms with van der Waals surface area (Å²) in [6, 6.07) is 3.89. The molecule has 3 nitrogen and oxygen atoms in total. The predicted octanol–water partition coefficient (Wildman–Crippen LogP) is 2.57. The molecule has 14 heavy (non-hydrogen) atoms. The van der Waals surface area contributed by atoms with E-state index in [1.807, 2.05) is 19.1 Å². The van der Waals surface area contributed by atoms with E-state index in [9.17, 15) is 5.21 Å². The summed E-state index contributed by atoms with van der Waals surface area (Å²) >= 11 is 1.56. The van der Waals surface area contributed by atoms with Crippen LogP contribution in [-0.2, 0) is 0 Å². The van der Waals surface area contributed by atoms with Crippen LogP contribution in [0.5, 0.6) is 0 Å². The van der Waals surface area contributed by atoms with Gasteiger partial charge in [0, 0.05) is 18.7 Å². The van der Waals surface area contributed by atoms with Crippen molar-refractivity contribution >= 4 is 11.3 Å². The van der Waals surface area contributed by atoms with Crippen molar-refractivity contribution in [2.24, 2.45) is 0 Å². The Labute approximate surface area is 86.2 Å². The quantitative estimate of drug-likeness (QED) is 0.535. The molecule has 0 saturated carbocycles. The molecule has 0 N–H and O–H groups in total. The second-order valence-electron chi connectivity index (χ2n) is 3.25. The summed E-state index contributed by atoms with van der Waals surface area (Å²) in [4.78, 5) is 2.06. The third-order valence-electron chi connectivity index (χ3n) is 2.20. The Hall–Kier alpha value is -1.29. The van der Waals surface area contributed by atoms with E-state index in [-0.39, 0.29) is 0 Å². The van der Waals surface area contributed by atoms with Gasteiger partial charge in [-0.05, 0) is 19.1 Å². The monoisotopic (exact) mass is 209 g/mol. The van der Waals surface area contributed by atoms with Crippen molar-refractivity contribution in [2.75, 3.05) is 0 Å². The second kappa shape index (κ2) is 3.13. The SMILES string of the molecule is Cc1ccc(-c2oc(C)c(C)[n+]2[O-])s1. The molecular formula is C10H11NO2S. The zero-order chi connectivity index (χ0) is 10.3. The first-order chi connectivity index (χ1) is 6.59. The summed E-state index contributed by atoms with van der Waals surface area (Å²) in [5.74, 6) is 1.08. The molecule has 2 rings (SSSR count). The van der Waals surface area contributed by atoms with Gasteiger partial charge in [-0.2, -0.15) is 0 Å². The van der Waals surface area contributed by atoms with Crippen LogP contribution in [-0.4, -0.2) is 0 Å². The first-order valence-electron chi connectivity index (χ1n) is 4.36. The summed E-state index contributed by atoms with van der Waals surface area (Å²) < 4.78 is 6.25. The molecule has 0 bridgehead atoms. The van der Waals surface area contributed by atoms with Gasteiger partial charge in [-0.25, -0.2) is 0 Å². The van der Waals surface area contributed by atoms with E-state index in [1.165, 1.54) is 4.88 Å². The Morgan fingerprint density at radius 3 is 2.43 bits per heavy atom. The van der Waals surface area contributed by atoms with Gasteiger partial charge in [0.2, 0.25) is 5.69 Å². The number of thiophene rings is 1. The first-order valence-corrected chi connectivity index (χ1v) is 5.17. The maximum atomic E-state index is 11.6.